The molecular formula is C15H29NO. The highest BCUT2D eigenvalue weighted by Crippen LogP contribution is 2.44. The van der Waals surface area contributed by atoms with Gasteiger partial charge in [0.05, 0.1) is 6.10 Å². The lowest BCUT2D eigenvalue weighted by molar-refractivity contribution is -0.105. The number of methoxy groups -OCH3 is 1. The molecular weight excluding hydrogens is 210 g/mol. The van der Waals surface area contributed by atoms with Crippen molar-refractivity contribution >= 4 is 0 Å². The Morgan fingerprint density at radius 2 is 1.76 bits per heavy atom. The standard InChI is InChI=1S/C15H29NO/c1-14(2)9-7-6-8-11(14)16-12-10-13(17-5)15(12,3)4/h11-13,16H,6-10H2,1-5H3. The maximum atomic E-state index is 5.53. The van der Waals surface area contributed by atoms with Crippen LogP contribution in [0.15, 0.2) is 0 Å². The molecule has 2 nitrogen and oxygen atoms in total. The summed E-state index contributed by atoms with van der Waals surface area (Å²) < 4.78 is 5.53. The lowest BCUT2D eigenvalue weighted by Crippen LogP contribution is -2.64. The molecule has 0 aromatic carbocycles. The van der Waals surface area contributed by atoms with Crippen LogP contribution in [0.3, 0.4) is 0 Å². The van der Waals surface area contributed by atoms with Gasteiger partial charge in [-0.15, -0.1) is 0 Å². The van der Waals surface area contributed by atoms with Crippen molar-refractivity contribution in [3.8, 4) is 0 Å². The van der Waals surface area contributed by atoms with E-state index in [1.165, 1.54) is 32.1 Å². The average molecular weight is 239 g/mol. The molecule has 3 unspecified atom stereocenters. The number of hydrogen-bond acceptors (Lipinski definition) is 2. The molecule has 0 aromatic rings. The Morgan fingerprint density at radius 1 is 1.06 bits per heavy atom. The Labute approximate surface area is 107 Å². The van der Waals surface area contributed by atoms with Crippen molar-refractivity contribution in [2.75, 3.05) is 7.11 Å². The number of rotatable bonds is 3. The highest BCUT2D eigenvalue weighted by Gasteiger charge is 2.50. The summed E-state index contributed by atoms with van der Waals surface area (Å²) in [6, 6.07) is 1.33. The van der Waals surface area contributed by atoms with Gasteiger partial charge in [0, 0.05) is 24.6 Å². The van der Waals surface area contributed by atoms with E-state index in [0.717, 1.165) is 0 Å². The number of nitrogens with one attached hydrogen (secondary N) is 1. The smallest absolute Gasteiger partial charge is 0.0652 e. The molecule has 0 amide bonds. The van der Waals surface area contributed by atoms with E-state index in [-0.39, 0.29) is 0 Å². The van der Waals surface area contributed by atoms with Crippen LogP contribution >= 0.6 is 0 Å². The maximum Gasteiger partial charge on any atom is 0.0652 e. The van der Waals surface area contributed by atoms with E-state index in [4.69, 9.17) is 4.74 Å². The summed E-state index contributed by atoms with van der Waals surface area (Å²) in [5, 5.41) is 3.92. The molecule has 17 heavy (non-hydrogen) atoms. The van der Waals surface area contributed by atoms with Crippen molar-refractivity contribution in [1.29, 1.82) is 0 Å². The van der Waals surface area contributed by atoms with Gasteiger partial charge in [0.15, 0.2) is 0 Å². The molecule has 0 bridgehead atoms. The van der Waals surface area contributed by atoms with Crippen molar-refractivity contribution in [3.63, 3.8) is 0 Å². The second kappa shape index (κ2) is 4.55. The zero-order valence-electron chi connectivity index (χ0n) is 12.2. The fourth-order valence-corrected chi connectivity index (χ4v) is 3.61. The van der Waals surface area contributed by atoms with Gasteiger partial charge in [-0.3, -0.25) is 0 Å². The fraction of sp³-hybridized carbons (Fsp3) is 1.00. The largest absolute Gasteiger partial charge is 0.381 e. The Morgan fingerprint density at radius 3 is 2.29 bits per heavy atom. The maximum absolute atomic E-state index is 5.53. The first-order valence-corrected chi connectivity index (χ1v) is 7.17. The molecule has 2 rings (SSSR count). The molecule has 0 saturated heterocycles. The van der Waals surface area contributed by atoms with E-state index < -0.39 is 0 Å². The van der Waals surface area contributed by atoms with Crippen LogP contribution in [0.5, 0.6) is 0 Å². The van der Waals surface area contributed by atoms with Crippen LogP contribution in [0.1, 0.15) is 59.8 Å². The van der Waals surface area contributed by atoms with Gasteiger partial charge in [0.2, 0.25) is 0 Å². The van der Waals surface area contributed by atoms with Crippen molar-refractivity contribution in [2.24, 2.45) is 10.8 Å². The van der Waals surface area contributed by atoms with Gasteiger partial charge in [0.1, 0.15) is 0 Å². The van der Waals surface area contributed by atoms with Crippen LogP contribution in [-0.4, -0.2) is 25.3 Å². The normalized spacial score (nSPS) is 39.7. The lowest BCUT2D eigenvalue weighted by atomic mass is 9.63. The van der Waals surface area contributed by atoms with Crippen LogP contribution < -0.4 is 5.32 Å². The summed E-state index contributed by atoms with van der Waals surface area (Å²) in [5.74, 6) is 0. The minimum atomic E-state index is 0.294. The van der Waals surface area contributed by atoms with Crippen molar-refractivity contribution in [2.45, 2.75) is 78.0 Å². The monoisotopic (exact) mass is 239 g/mol. The molecule has 2 aliphatic carbocycles. The third-order valence-corrected chi connectivity index (χ3v) is 5.37. The summed E-state index contributed by atoms with van der Waals surface area (Å²) in [6.45, 7) is 9.50. The van der Waals surface area contributed by atoms with Gasteiger partial charge in [-0.1, -0.05) is 40.5 Å². The molecule has 0 radical (unpaired) electrons. The van der Waals surface area contributed by atoms with Gasteiger partial charge in [-0.2, -0.15) is 0 Å². The lowest BCUT2D eigenvalue weighted by Gasteiger charge is -2.54. The van der Waals surface area contributed by atoms with Gasteiger partial charge in [-0.05, 0) is 24.7 Å². The van der Waals surface area contributed by atoms with Gasteiger partial charge in [0.25, 0.3) is 0 Å². The van der Waals surface area contributed by atoms with Gasteiger partial charge >= 0.3 is 0 Å². The van der Waals surface area contributed by atoms with Gasteiger partial charge in [-0.25, -0.2) is 0 Å². The molecule has 0 spiro atoms. The van der Waals surface area contributed by atoms with Crippen LogP contribution in [0.4, 0.5) is 0 Å². The second-order valence-corrected chi connectivity index (χ2v) is 7.29. The summed E-state index contributed by atoms with van der Waals surface area (Å²) in [5.41, 5.74) is 0.759. The van der Waals surface area contributed by atoms with E-state index >= 15 is 0 Å². The number of ether oxygens (including phenoxy) is 1. The molecule has 2 heteroatoms. The SMILES string of the molecule is COC1CC(NC2CCCCC2(C)C)C1(C)C. The Kier molecular flexibility index (Phi) is 3.57. The summed E-state index contributed by atoms with van der Waals surface area (Å²) in [7, 11) is 1.84. The zero-order chi connectivity index (χ0) is 12.7. The third kappa shape index (κ3) is 2.39. The second-order valence-electron chi connectivity index (χ2n) is 7.29. The predicted molar refractivity (Wildman–Crippen MR) is 72.2 cm³/mol. The molecule has 2 saturated carbocycles. The van der Waals surface area contributed by atoms with Crippen molar-refractivity contribution in [3.05, 3.63) is 0 Å². The van der Waals surface area contributed by atoms with Crippen LogP contribution in [-0.2, 0) is 4.74 Å². The average Bonchev–Trinajstić information content (AvgIpc) is 2.25. The zero-order valence-corrected chi connectivity index (χ0v) is 12.2. The fourth-order valence-electron chi connectivity index (χ4n) is 3.61. The van der Waals surface area contributed by atoms with E-state index in [2.05, 4.69) is 33.0 Å². The molecule has 0 aliphatic heterocycles. The Bertz CT molecular complexity index is 272. The topological polar surface area (TPSA) is 21.3 Å². The van der Waals surface area contributed by atoms with Crippen LogP contribution in [0.2, 0.25) is 0 Å². The minimum Gasteiger partial charge on any atom is -0.381 e. The molecule has 1 N–H and O–H groups in total. The highest BCUT2D eigenvalue weighted by atomic mass is 16.5. The molecule has 100 valence electrons. The first-order valence-electron chi connectivity index (χ1n) is 7.17. The Balaban J connectivity index is 1.94. The van der Waals surface area contributed by atoms with Crippen LogP contribution in [0.25, 0.3) is 0 Å². The summed E-state index contributed by atoms with van der Waals surface area (Å²) in [4.78, 5) is 0. The van der Waals surface area contributed by atoms with E-state index in [0.29, 0.717) is 29.0 Å². The molecule has 3 atom stereocenters. The Hall–Kier alpha value is -0.0800. The molecule has 0 heterocycles. The predicted octanol–water partition coefficient (Wildman–Crippen LogP) is 3.36. The van der Waals surface area contributed by atoms with E-state index in [1.807, 2.05) is 7.11 Å². The van der Waals surface area contributed by atoms with E-state index in [1.54, 1.807) is 0 Å². The minimum absolute atomic E-state index is 0.294. The summed E-state index contributed by atoms with van der Waals surface area (Å²) >= 11 is 0. The number of hydrogen-bond donors (Lipinski definition) is 1. The molecule has 2 fully saturated rings. The molecule has 0 aromatic heterocycles. The van der Waals surface area contributed by atoms with Crippen LogP contribution in [0, 0.1) is 10.8 Å². The molecule has 2 aliphatic rings. The highest BCUT2D eigenvalue weighted by molar-refractivity contribution is 5.05. The van der Waals surface area contributed by atoms with Gasteiger partial charge < -0.3 is 10.1 Å². The quantitative estimate of drug-likeness (QED) is 0.815. The van der Waals surface area contributed by atoms with Crippen molar-refractivity contribution < 1.29 is 4.74 Å². The van der Waals surface area contributed by atoms with E-state index in [9.17, 15) is 0 Å². The first kappa shape index (κ1) is 13.4. The third-order valence-electron chi connectivity index (χ3n) is 5.37. The first-order chi connectivity index (χ1) is 7.88. The van der Waals surface area contributed by atoms with Crippen molar-refractivity contribution in [1.82, 2.24) is 5.32 Å². The summed E-state index contributed by atoms with van der Waals surface area (Å²) in [6.07, 6.45) is 7.12.